The molecular weight excluding hydrogens is 594 g/mol. The first-order valence-electron chi connectivity index (χ1n) is 17.7. The Morgan fingerprint density at radius 2 is 0.763 bits per heavy atom. The van der Waals surface area contributed by atoms with Crippen molar-refractivity contribution in [2.75, 3.05) is 0 Å². The van der Waals surface area contributed by atoms with Gasteiger partial charge in [-0.1, -0.05) is 0 Å². The summed E-state index contributed by atoms with van der Waals surface area (Å²) in [5, 5.41) is 5.48. The molecule has 0 aromatic rings. The van der Waals surface area contributed by atoms with Crippen LogP contribution in [0.5, 0.6) is 0 Å². The van der Waals surface area contributed by atoms with Crippen LogP contribution >= 0.6 is 0 Å². The average molecular weight is 625 g/mol. The van der Waals surface area contributed by atoms with Crippen molar-refractivity contribution in [2.45, 2.75) is 156 Å². The van der Waals surface area contributed by atoms with E-state index in [1.807, 2.05) is 0 Å². The molecule has 30 rings (SSSR count). The first kappa shape index (κ1) is 12.3. The van der Waals surface area contributed by atoms with E-state index in [2.05, 4.69) is 6.92 Å². The number of ketones is 1. The van der Waals surface area contributed by atoms with Gasteiger partial charge in [0.25, 0.3) is 0 Å². The topological polar surface area (TPSA) is 29.1 Å². The molecule has 0 saturated carbocycles. The standard InChI is InChI=1S/C18H16NO.3C5H5.3Fe/c1-14(20)18(15-8-2-3-9-15,16-10-4-5-11-16)19-17-12-6-7-13-17;3*1-2-4-5-3-1;;;/h2-13,19H,1H3;3*1-5H;;;. The van der Waals surface area contributed by atoms with Crippen molar-refractivity contribution in [3.8, 4) is 0 Å². The van der Waals surface area contributed by atoms with E-state index in [9.17, 15) is 0 Å². The summed E-state index contributed by atoms with van der Waals surface area (Å²) < 4.78 is 2.47. The third-order valence-electron chi connectivity index (χ3n) is 46.1. The van der Waals surface area contributed by atoms with Gasteiger partial charge in [-0.3, -0.25) is 0 Å². The average Bonchev–Trinajstić information content (AvgIpc) is 3.66. The Kier molecular flexibility index (Phi) is 0.284. The van der Waals surface area contributed by atoms with Gasteiger partial charge in [-0.15, -0.1) is 0 Å². The SMILES string of the molecule is CC(=O)C(N[C]12[CH]3[CH]4[CH]5[CH]1[Fe]45321678[CH]2[CH]1[CH]6[CH]7[CH]28)([C]12[CH]3[CH]4[CH]5[CH]1[Fe]45321678[CH]2[CH]1[CH]6[CH]7[CH]28)[C]12[CH]3[CH]4[CH]5[CH]1[Fe]45321678[CH]2[CH]1[CH]6[CH]7[CH]28. The molecular formula is C33H31Fe3NO. The fraction of sp³-hybridized carbons (Fsp3) is 0.970. The molecule has 3 spiro atoms. The molecule has 30 aliphatic heterocycles. The van der Waals surface area contributed by atoms with Gasteiger partial charge in [0.05, 0.1) is 0 Å². The van der Waals surface area contributed by atoms with Crippen LogP contribution in [0.1, 0.15) is 6.92 Å². The summed E-state index contributed by atoms with van der Waals surface area (Å²) in [5.74, 6) is 0.967. The second-order valence-electron chi connectivity index (χ2n) is 30.5. The van der Waals surface area contributed by atoms with Crippen molar-refractivity contribution in [1.29, 1.82) is 0 Å². The molecule has 2 nitrogen and oxygen atoms in total. The van der Waals surface area contributed by atoms with Crippen LogP contribution in [0, 0.1) is 0 Å². The Balaban J connectivity index is 0.955. The molecule has 30 fully saturated rings. The van der Waals surface area contributed by atoms with Crippen molar-refractivity contribution in [1.82, 2.24) is 5.32 Å². The predicted molar refractivity (Wildman–Crippen MR) is 126 cm³/mol. The predicted octanol–water partition coefficient (Wildman–Crippen LogP) is 8.72. The number of hydrogen-bond acceptors (Lipinski definition) is 2. The van der Waals surface area contributed by atoms with Gasteiger partial charge in [-0.25, -0.2) is 0 Å². The molecule has 38 heavy (non-hydrogen) atoms. The Labute approximate surface area is 189 Å². The van der Waals surface area contributed by atoms with Gasteiger partial charge in [-0.2, -0.15) is 0 Å². The molecule has 0 amide bonds. The molecule has 0 aromatic carbocycles. The molecule has 0 radical (unpaired) electrons. The van der Waals surface area contributed by atoms with Crippen molar-refractivity contribution >= 4 is 5.78 Å². The van der Waals surface area contributed by atoms with Crippen LogP contribution in [0.15, 0.2) is 0 Å². The van der Waals surface area contributed by atoms with E-state index < -0.39 is 19.5 Å². The van der Waals surface area contributed by atoms with Crippen molar-refractivity contribution in [2.24, 2.45) is 0 Å². The maximum absolute atomic E-state index is 15.7. The molecule has 1 N–H and O–H groups in total. The molecule has 0 aliphatic carbocycles. The van der Waals surface area contributed by atoms with E-state index in [1.54, 1.807) is 0 Å². The minimum atomic E-state index is -3.51. The van der Waals surface area contributed by atoms with Gasteiger partial charge >= 0.3 is 191 Å². The van der Waals surface area contributed by atoms with E-state index in [1.165, 1.54) is 130 Å². The van der Waals surface area contributed by atoms with E-state index in [0.29, 0.717) is 0 Å². The zero-order chi connectivity index (χ0) is 21.8. The zero-order valence-corrected chi connectivity index (χ0v) is 24.4. The third kappa shape index (κ3) is 0.108. The van der Waals surface area contributed by atoms with E-state index in [4.69, 9.17) is 5.32 Å². The Bertz CT molecular complexity index is 3080. The van der Waals surface area contributed by atoms with Crippen LogP contribution in [0.2, 0.25) is 139 Å². The molecule has 5 heteroatoms. The minimum absolute atomic E-state index is 0.238. The van der Waals surface area contributed by atoms with Gasteiger partial charge in [-0.05, 0) is 0 Å². The first-order chi connectivity index (χ1) is 17.8. The molecule has 12 atom stereocenters. The second-order valence-corrected chi connectivity index (χ2v) is 101. The monoisotopic (exact) mass is 625 g/mol. The van der Waals surface area contributed by atoms with Gasteiger partial charge in [0.2, 0.25) is 0 Å². The maximum atomic E-state index is 15.7. The normalized spacial score (nSPS) is 158. The van der Waals surface area contributed by atoms with Gasteiger partial charge < -0.3 is 0 Å². The zero-order valence-electron chi connectivity index (χ0n) is 21.1. The van der Waals surface area contributed by atoms with E-state index in [-0.39, 0.29) is 5.54 Å². The molecule has 30 heterocycles. The number of carbonyl (C=O) groups is 1. The summed E-state index contributed by atoms with van der Waals surface area (Å²) in [6.45, 7) is -7.98. The Morgan fingerprint density at radius 3 is 0.921 bits per heavy atom. The van der Waals surface area contributed by atoms with Crippen LogP contribution in [0.4, 0.5) is 0 Å². The van der Waals surface area contributed by atoms with Crippen molar-refractivity contribution in [3.05, 3.63) is 0 Å². The van der Waals surface area contributed by atoms with Crippen molar-refractivity contribution in [3.63, 3.8) is 0 Å². The van der Waals surface area contributed by atoms with Crippen LogP contribution in [-0.2, 0) is 24.3 Å². The number of Topliss-reactive ketones (excluding diaryl/α,β-unsaturated/α-hetero) is 1. The summed E-state index contributed by atoms with van der Waals surface area (Å²) in [5.41, 5.74) is 0.238. The fourth-order valence-corrected chi connectivity index (χ4v) is 276. The van der Waals surface area contributed by atoms with Crippen molar-refractivity contribution < 1.29 is 24.3 Å². The Hall–Kier alpha value is 1.19. The third-order valence-corrected chi connectivity index (χ3v) is 173. The summed E-state index contributed by atoms with van der Waals surface area (Å²) in [6, 6.07) is 0. The molecule has 30 aliphatic rings. The number of nitrogens with one attached hydrogen (secondary N) is 1. The molecule has 0 aromatic heterocycles. The van der Waals surface area contributed by atoms with E-state index >= 15 is 4.79 Å². The van der Waals surface area contributed by atoms with Gasteiger partial charge in [0.15, 0.2) is 0 Å². The molecule has 0 bridgehead atoms. The quantitative estimate of drug-likeness (QED) is 0.310. The van der Waals surface area contributed by atoms with Crippen LogP contribution in [0.3, 0.4) is 0 Å². The van der Waals surface area contributed by atoms with Crippen LogP contribution in [-0.4, -0.2) is 15.8 Å². The summed E-state index contributed by atoms with van der Waals surface area (Å²) in [4.78, 5) is 53.9. The number of carbonyl (C=O) groups excluding carboxylic acids is 1. The number of hydrogen-bond donors (Lipinski definition) is 1. The van der Waals surface area contributed by atoms with Crippen LogP contribution in [0.25, 0.3) is 0 Å². The second kappa shape index (κ2) is 0.879. The summed E-state index contributed by atoms with van der Waals surface area (Å²) in [7, 11) is 0. The molecule has 30 saturated heterocycles. The number of fused-ring (bicyclic) bond motifs is 30. The first-order valence-corrected chi connectivity index (χ1v) is 36.6. The summed E-state index contributed by atoms with van der Waals surface area (Å²) >= 11 is 0. The summed E-state index contributed by atoms with van der Waals surface area (Å²) in [6.07, 6.45) is 0. The van der Waals surface area contributed by atoms with Gasteiger partial charge in [0.1, 0.15) is 0 Å². The molecule has 198 valence electrons. The van der Waals surface area contributed by atoms with Crippen LogP contribution < -0.4 is 5.32 Å². The van der Waals surface area contributed by atoms with Gasteiger partial charge in [0, 0.05) is 0 Å². The Morgan fingerprint density at radius 1 is 0.474 bits per heavy atom. The fourth-order valence-electron chi connectivity index (χ4n) is 52.4. The molecule has 12 unspecified atom stereocenters. The number of rotatable bonds is 5. The van der Waals surface area contributed by atoms with E-state index in [0.717, 1.165) is 18.8 Å².